The molecule has 5 nitrogen and oxygen atoms in total. The Hall–Kier alpha value is -1.59. The van der Waals surface area contributed by atoms with Gasteiger partial charge in [-0.25, -0.2) is 0 Å². The van der Waals surface area contributed by atoms with Gasteiger partial charge in [-0.15, -0.1) is 0 Å². The maximum absolute atomic E-state index is 12.0. The number of benzene rings is 1. The topological polar surface area (TPSA) is 89.6 Å². The normalized spacial score (nSPS) is 11.9. The monoisotopic (exact) mass is 271 g/mol. The Kier molecular flexibility index (Phi) is 5.12. The lowest BCUT2D eigenvalue weighted by molar-refractivity contribution is -0.137. The van der Waals surface area contributed by atoms with Crippen LogP contribution in [0.15, 0.2) is 18.2 Å². The van der Waals surface area contributed by atoms with Gasteiger partial charge in [-0.2, -0.15) is 0 Å². The Labute approximate surface area is 109 Å². The lowest BCUT2D eigenvalue weighted by Crippen LogP contribution is -2.31. The fraction of sp³-hybridized carbons (Fsp3) is 0.333. The van der Waals surface area contributed by atoms with E-state index in [1.54, 1.807) is 12.1 Å². The van der Waals surface area contributed by atoms with Crippen LogP contribution in [0.1, 0.15) is 23.2 Å². The first kappa shape index (κ1) is 14.5. The maximum atomic E-state index is 12.0. The minimum Gasteiger partial charge on any atom is -0.496 e. The number of halogens is 1. The van der Waals surface area contributed by atoms with Crippen LogP contribution < -0.4 is 10.5 Å². The standard InChI is InChI=1S/C12H14ClNO4/c1-18-10-4-2-7(13)6-8(10)12(17)9(14)3-5-11(15)16/h2,4,6,9H,3,5,14H2,1H3,(H,15,16). The molecular weight excluding hydrogens is 258 g/mol. The van der Waals surface area contributed by atoms with Crippen molar-refractivity contribution in [3.63, 3.8) is 0 Å². The molecule has 1 rings (SSSR count). The minimum atomic E-state index is -0.990. The molecule has 18 heavy (non-hydrogen) atoms. The van der Waals surface area contributed by atoms with E-state index in [9.17, 15) is 9.59 Å². The lowest BCUT2D eigenvalue weighted by Gasteiger charge is -2.12. The molecule has 0 aliphatic carbocycles. The molecule has 0 aliphatic heterocycles. The van der Waals surface area contributed by atoms with Gasteiger partial charge in [0.25, 0.3) is 0 Å². The Balaban J connectivity index is 2.88. The zero-order valence-corrected chi connectivity index (χ0v) is 10.6. The predicted octanol–water partition coefficient (Wildman–Crippen LogP) is 1.72. The molecule has 0 bridgehead atoms. The van der Waals surface area contributed by atoms with Gasteiger partial charge in [0, 0.05) is 11.4 Å². The summed E-state index contributed by atoms with van der Waals surface area (Å²) in [6.07, 6.45) is -0.0837. The summed E-state index contributed by atoms with van der Waals surface area (Å²) in [6.45, 7) is 0. The molecule has 1 aromatic rings. The van der Waals surface area contributed by atoms with Crippen LogP contribution in [0.4, 0.5) is 0 Å². The van der Waals surface area contributed by atoms with Crippen molar-refractivity contribution in [1.29, 1.82) is 0 Å². The Bertz CT molecular complexity index is 461. The third-order valence-electron chi connectivity index (χ3n) is 2.43. The van der Waals surface area contributed by atoms with Crippen molar-refractivity contribution in [2.24, 2.45) is 5.73 Å². The van der Waals surface area contributed by atoms with Gasteiger partial charge in [-0.1, -0.05) is 11.6 Å². The number of methoxy groups -OCH3 is 1. The van der Waals surface area contributed by atoms with E-state index in [-0.39, 0.29) is 24.2 Å². The van der Waals surface area contributed by atoms with Gasteiger partial charge < -0.3 is 15.6 Å². The van der Waals surface area contributed by atoms with Crippen molar-refractivity contribution in [1.82, 2.24) is 0 Å². The SMILES string of the molecule is COc1ccc(Cl)cc1C(=O)C(N)CCC(=O)O. The summed E-state index contributed by atoms with van der Waals surface area (Å²) in [4.78, 5) is 22.5. The average molecular weight is 272 g/mol. The number of hydrogen-bond donors (Lipinski definition) is 2. The highest BCUT2D eigenvalue weighted by atomic mass is 35.5. The number of carboxylic acid groups (broad SMARTS) is 1. The van der Waals surface area contributed by atoms with Crippen LogP contribution in [-0.4, -0.2) is 30.0 Å². The van der Waals surface area contributed by atoms with Gasteiger partial charge in [0.2, 0.25) is 0 Å². The molecule has 6 heteroatoms. The molecule has 0 radical (unpaired) electrons. The predicted molar refractivity (Wildman–Crippen MR) is 67.2 cm³/mol. The molecule has 0 aromatic heterocycles. The van der Waals surface area contributed by atoms with Crippen molar-refractivity contribution in [2.75, 3.05) is 7.11 Å². The van der Waals surface area contributed by atoms with Gasteiger partial charge in [-0.3, -0.25) is 9.59 Å². The molecule has 0 heterocycles. The zero-order chi connectivity index (χ0) is 13.7. The number of aliphatic carboxylic acids is 1. The molecule has 3 N–H and O–H groups in total. The number of carbonyl (C=O) groups excluding carboxylic acids is 1. The maximum Gasteiger partial charge on any atom is 0.303 e. The number of rotatable bonds is 6. The molecule has 0 amide bonds. The Morgan fingerprint density at radius 2 is 2.17 bits per heavy atom. The fourth-order valence-electron chi connectivity index (χ4n) is 1.48. The number of nitrogens with two attached hydrogens (primary N) is 1. The van der Waals surface area contributed by atoms with E-state index in [0.29, 0.717) is 10.8 Å². The van der Waals surface area contributed by atoms with Crippen molar-refractivity contribution in [2.45, 2.75) is 18.9 Å². The number of ether oxygens (including phenoxy) is 1. The molecule has 0 saturated carbocycles. The quantitative estimate of drug-likeness (QED) is 0.769. The third kappa shape index (κ3) is 3.72. The van der Waals surface area contributed by atoms with Gasteiger partial charge in [0.1, 0.15) is 5.75 Å². The first-order valence-corrected chi connectivity index (χ1v) is 5.68. The van der Waals surface area contributed by atoms with Crippen LogP contribution in [0.3, 0.4) is 0 Å². The molecule has 1 unspecified atom stereocenters. The van der Waals surface area contributed by atoms with E-state index < -0.39 is 12.0 Å². The Morgan fingerprint density at radius 1 is 1.50 bits per heavy atom. The molecular formula is C12H14ClNO4. The van der Waals surface area contributed by atoms with Crippen molar-refractivity contribution in [3.8, 4) is 5.75 Å². The summed E-state index contributed by atoms with van der Waals surface area (Å²) in [5.41, 5.74) is 5.93. The molecule has 98 valence electrons. The number of Topliss-reactive ketones (excluding diaryl/α,β-unsaturated/α-hetero) is 1. The fourth-order valence-corrected chi connectivity index (χ4v) is 1.65. The highest BCUT2D eigenvalue weighted by Gasteiger charge is 2.20. The molecule has 1 atom stereocenters. The second-order valence-electron chi connectivity index (χ2n) is 3.75. The van der Waals surface area contributed by atoms with Gasteiger partial charge in [0.05, 0.1) is 18.7 Å². The first-order chi connectivity index (χ1) is 8.45. The van der Waals surface area contributed by atoms with Crippen LogP contribution in [-0.2, 0) is 4.79 Å². The molecule has 1 aromatic carbocycles. The molecule has 0 fully saturated rings. The highest BCUT2D eigenvalue weighted by Crippen LogP contribution is 2.24. The van der Waals surface area contributed by atoms with E-state index in [1.807, 2.05) is 0 Å². The van der Waals surface area contributed by atoms with Crippen LogP contribution >= 0.6 is 11.6 Å². The average Bonchev–Trinajstić information content (AvgIpc) is 2.34. The van der Waals surface area contributed by atoms with Gasteiger partial charge in [0.15, 0.2) is 5.78 Å². The molecule has 0 saturated heterocycles. The number of carboxylic acids is 1. The Morgan fingerprint density at radius 3 is 2.72 bits per heavy atom. The van der Waals surface area contributed by atoms with Crippen LogP contribution in [0.25, 0.3) is 0 Å². The second-order valence-corrected chi connectivity index (χ2v) is 4.18. The zero-order valence-electron chi connectivity index (χ0n) is 9.85. The van der Waals surface area contributed by atoms with Crippen LogP contribution in [0, 0.1) is 0 Å². The second kappa shape index (κ2) is 6.37. The van der Waals surface area contributed by atoms with E-state index >= 15 is 0 Å². The minimum absolute atomic E-state index is 0.0732. The van der Waals surface area contributed by atoms with E-state index in [1.165, 1.54) is 13.2 Å². The van der Waals surface area contributed by atoms with Crippen molar-refractivity contribution in [3.05, 3.63) is 28.8 Å². The summed E-state index contributed by atoms with van der Waals surface area (Å²) in [5.74, 6) is -0.998. The largest absolute Gasteiger partial charge is 0.496 e. The van der Waals surface area contributed by atoms with E-state index in [2.05, 4.69) is 0 Å². The third-order valence-corrected chi connectivity index (χ3v) is 2.67. The summed E-state index contributed by atoms with van der Waals surface area (Å²) < 4.78 is 5.05. The first-order valence-electron chi connectivity index (χ1n) is 5.31. The van der Waals surface area contributed by atoms with Gasteiger partial charge in [-0.05, 0) is 24.6 Å². The van der Waals surface area contributed by atoms with E-state index in [4.69, 9.17) is 27.2 Å². The van der Waals surface area contributed by atoms with Crippen molar-refractivity contribution < 1.29 is 19.4 Å². The summed E-state index contributed by atoms with van der Waals surface area (Å²) >= 11 is 5.81. The smallest absolute Gasteiger partial charge is 0.303 e. The van der Waals surface area contributed by atoms with Crippen molar-refractivity contribution >= 4 is 23.4 Å². The van der Waals surface area contributed by atoms with Crippen LogP contribution in [0.2, 0.25) is 5.02 Å². The molecule has 0 aliphatic rings. The van der Waals surface area contributed by atoms with Crippen LogP contribution in [0.5, 0.6) is 5.75 Å². The summed E-state index contributed by atoms with van der Waals surface area (Å²) in [5, 5.41) is 8.94. The number of ketones is 1. The van der Waals surface area contributed by atoms with E-state index in [0.717, 1.165) is 0 Å². The number of carbonyl (C=O) groups is 2. The summed E-state index contributed by atoms with van der Waals surface area (Å²) in [6, 6.07) is 3.75. The summed E-state index contributed by atoms with van der Waals surface area (Å²) in [7, 11) is 1.43. The lowest BCUT2D eigenvalue weighted by atomic mass is 10.00. The van der Waals surface area contributed by atoms with Gasteiger partial charge >= 0.3 is 5.97 Å². The number of hydrogen-bond acceptors (Lipinski definition) is 4. The highest BCUT2D eigenvalue weighted by molar-refractivity contribution is 6.31. The molecule has 0 spiro atoms.